The number of morpholine rings is 1. The van der Waals surface area contributed by atoms with Crippen LogP contribution in [0.5, 0.6) is 0 Å². The van der Waals surface area contributed by atoms with E-state index in [9.17, 15) is 9.18 Å². The van der Waals surface area contributed by atoms with Crippen LogP contribution in [0.2, 0.25) is 5.02 Å². The Labute approximate surface area is 124 Å². The number of carbonyl (C=O) groups is 1. The summed E-state index contributed by atoms with van der Waals surface area (Å²) in [5, 5.41) is 0.923. The summed E-state index contributed by atoms with van der Waals surface area (Å²) in [5.74, 6) is -0.915. The third-order valence-corrected chi connectivity index (χ3v) is 3.90. The molecule has 0 aliphatic carbocycles. The summed E-state index contributed by atoms with van der Waals surface area (Å²) in [4.78, 5) is 13.9. The van der Waals surface area contributed by atoms with E-state index in [-0.39, 0.29) is 28.7 Å². The second-order valence-electron chi connectivity index (χ2n) is 4.56. The molecule has 6 heteroatoms. The van der Waals surface area contributed by atoms with Crippen molar-refractivity contribution in [2.24, 2.45) is 0 Å². The largest absolute Gasteiger partial charge is 0.371 e. The van der Waals surface area contributed by atoms with Crippen molar-refractivity contribution < 1.29 is 13.9 Å². The fraction of sp³-hybridized carbons (Fsp3) is 0.462. The lowest BCUT2D eigenvalue weighted by molar-refractivity contribution is -0.0560. The van der Waals surface area contributed by atoms with Crippen molar-refractivity contribution in [3.05, 3.63) is 34.6 Å². The fourth-order valence-corrected chi connectivity index (χ4v) is 2.65. The molecule has 19 heavy (non-hydrogen) atoms. The highest BCUT2D eigenvalue weighted by Gasteiger charge is 2.29. The Hall–Kier alpha value is -0.650. The van der Waals surface area contributed by atoms with Crippen molar-refractivity contribution in [3.63, 3.8) is 0 Å². The Balaban J connectivity index is 2.18. The van der Waals surface area contributed by atoms with Gasteiger partial charge in [-0.25, -0.2) is 4.39 Å². The van der Waals surface area contributed by atoms with E-state index >= 15 is 0 Å². The maximum absolute atomic E-state index is 13.8. The first-order valence-electron chi connectivity index (χ1n) is 5.97. The molecule has 0 bridgehead atoms. The molecule has 1 aromatic carbocycles. The zero-order valence-corrected chi connectivity index (χ0v) is 12.7. The topological polar surface area (TPSA) is 29.5 Å². The molecule has 0 aromatic heterocycles. The van der Waals surface area contributed by atoms with E-state index in [0.717, 1.165) is 6.07 Å². The van der Waals surface area contributed by atoms with E-state index in [0.29, 0.717) is 18.4 Å². The highest BCUT2D eigenvalue weighted by molar-refractivity contribution is 9.09. The van der Waals surface area contributed by atoms with Crippen LogP contribution >= 0.6 is 27.5 Å². The molecule has 1 amide bonds. The van der Waals surface area contributed by atoms with E-state index in [1.54, 1.807) is 4.90 Å². The monoisotopic (exact) mass is 349 g/mol. The van der Waals surface area contributed by atoms with E-state index in [1.165, 1.54) is 12.1 Å². The summed E-state index contributed by atoms with van der Waals surface area (Å²) in [7, 11) is 0. The number of ether oxygens (including phenoxy) is 1. The normalized spacial score (nSPS) is 23.5. The number of halogens is 3. The van der Waals surface area contributed by atoms with Crippen LogP contribution in [-0.2, 0) is 4.74 Å². The quantitative estimate of drug-likeness (QED) is 0.767. The van der Waals surface area contributed by atoms with Gasteiger partial charge in [-0.1, -0.05) is 27.5 Å². The Morgan fingerprint density at radius 3 is 2.95 bits per heavy atom. The summed E-state index contributed by atoms with van der Waals surface area (Å²) in [6.07, 6.45) is -0.126. The molecule has 0 spiro atoms. The molecule has 3 nitrogen and oxygen atoms in total. The maximum atomic E-state index is 13.8. The van der Waals surface area contributed by atoms with Crippen LogP contribution in [-0.4, -0.2) is 41.4 Å². The lowest BCUT2D eigenvalue weighted by Crippen LogP contribution is -2.49. The molecule has 0 radical (unpaired) electrons. The molecule has 104 valence electrons. The molecule has 1 heterocycles. The van der Waals surface area contributed by atoms with Crippen LogP contribution in [0.15, 0.2) is 18.2 Å². The standard InChI is InChI=1S/C13H14BrClFNO2/c1-8-6-17(7-10(5-14)19-8)13(18)11-3-2-9(15)4-12(11)16/h2-4,8,10H,5-7H2,1H3. The lowest BCUT2D eigenvalue weighted by atomic mass is 10.1. The molecule has 0 N–H and O–H groups in total. The number of hydrogen-bond donors (Lipinski definition) is 0. The molecule has 1 aliphatic heterocycles. The molecule has 2 rings (SSSR count). The smallest absolute Gasteiger partial charge is 0.257 e. The summed E-state index contributed by atoms with van der Waals surface area (Å²) >= 11 is 9.03. The number of amides is 1. The first kappa shape index (κ1) is 14.8. The van der Waals surface area contributed by atoms with E-state index < -0.39 is 5.82 Å². The van der Waals surface area contributed by atoms with Crippen LogP contribution in [0, 0.1) is 5.82 Å². The van der Waals surface area contributed by atoms with Gasteiger partial charge in [-0.3, -0.25) is 4.79 Å². The summed E-state index contributed by atoms with van der Waals surface area (Å²) < 4.78 is 19.4. The second-order valence-corrected chi connectivity index (χ2v) is 5.64. The van der Waals surface area contributed by atoms with E-state index in [2.05, 4.69) is 15.9 Å². The molecule has 1 aliphatic rings. The Morgan fingerprint density at radius 1 is 1.58 bits per heavy atom. The van der Waals surface area contributed by atoms with Crippen molar-refractivity contribution in [2.75, 3.05) is 18.4 Å². The minimum atomic E-state index is -0.591. The van der Waals surface area contributed by atoms with Gasteiger partial charge >= 0.3 is 0 Å². The van der Waals surface area contributed by atoms with Crippen molar-refractivity contribution in [3.8, 4) is 0 Å². The predicted molar refractivity (Wildman–Crippen MR) is 75.4 cm³/mol. The number of hydrogen-bond acceptors (Lipinski definition) is 2. The fourth-order valence-electron chi connectivity index (χ4n) is 2.13. The van der Waals surface area contributed by atoms with Gasteiger partial charge in [-0.2, -0.15) is 0 Å². The zero-order chi connectivity index (χ0) is 14.0. The van der Waals surface area contributed by atoms with Gasteiger partial charge in [0.15, 0.2) is 0 Å². The van der Waals surface area contributed by atoms with Gasteiger partial charge in [-0.05, 0) is 25.1 Å². The van der Waals surface area contributed by atoms with Crippen LogP contribution in [0.1, 0.15) is 17.3 Å². The number of alkyl halides is 1. The first-order chi connectivity index (χ1) is 9.01. The maximum Gasteiger partial charge on any atom is 0.257 e. The second kappa shape index (κ2) is 6.20. The highest BCUT2D eigenvalue weighted by Crippen LogP contribution is 2.19. The van der Waals surface area contributed by atoms with E-state index in [4.69, 9.17) is 16.3 Å². The summed E-state index contributed by atoms with van der Waals surface area (Å²) in [6, 6.07) is 4.09. The Kier molecular flexibility index (Phi) is 4.81. The van der Waals surface area contributed by atoms with Gasteiger partial charge < -0.3 is 9.64 Å². The molecular formula is C13H14BrClFNO2. The minimum absolute atomic E-state index is 0.0480. The van der Waals surface area contributed by atoms with Gasteiger partial charge in [0.05, 0.1) is 17.8 Å². The van der Waals surface area contributed by atoms with Crippen molar-refractivity contribution in [1.82, 2.24) is 4.90 Å². The van der Waals surface area contributed by atoms with Crippen molar-refractivity contribution in [2.45, 2.75) is 19.1 Å². The molecule has 1 saturated heterocycles. The number of nitrogens with zero attached hydrogens (tertiary/aromatic N) is 1. The number of benzene rings is 1. The van der Waals surface area contributed by atoms with Gasteiger partial charge in [0.2, 0.25) is 0 Å². The molecule has 2 unspecified atom stereocenters. The summed E-state index contributed by atoms with van der Waals surface area (Å²) in [6.45, 7) is 2.81. The van der Waals surface area contributed by atoms with Crippen LogP contribution in [0.3, 0.4) is 0 Å². The van der Waals surface area contributed by atoms with Gasteiger partial charge in [0, 0.05) is 23.4 Å². The zero-order valence-electron chi connectivity index (χ0n) is 10.4. The van der Waals surface area contributed by atoms with Crippen molar-refractivity contribution in [1.29, 1.82) is 0 Å². The van der Waals surface area contributed by atoms with Crippen LogP contribution in [0.25, 0.3) is 0 Å². The molecule has 0 saturated carbocycles. The molecule has 1 aromatic rings. The average Bonchev–Trinajstić information content (AvgIpc) is 2.37. The first-order valence-corrected chi connectivity index (χ1v) is 7.47. The third kappa shape index (κ3) is 3.46. The Bertz CT molecular complexity index is 486. The number of carbonyl (C=O) groups excluding carboxylic acids is 1. The number of rotatable bonds is 2. The van der Waals surface area contributed by atoms with Gasteiger partial charge in [0.25, 0.3) is 5.91 Å². The predicted octanol–water partition coefficient (Wildman–Crippen LogP) is 3.10. The highest BCUT2D eigenvalue weighted by atomic mass is 79.9. The lowest BCUT2D eigenvalue weighted by Gasteiger charge is -2.36. The molecule has 1 fully saturated rings. The van der Waals surface area contributed by atoms with Gasteiger partial charge in [-0.15, -0.1) is 0 Å². The minimum Gasteiger partial charge on any atom is -0.371 e. The van der Waals surface area contributed by atoms with Crippen LogP contribution in [0.4, 0.5) is 4.39 Å². The third-order valence-electron chi connectivity index (χ3n) is 2.95. The summed E-state index contributed by atoms with van der Waals surface area (Å²) in [5.41, 5.74) is 0.0480. The van der Waals surface area contributed by atoms with Crippen LogP contribution < -0.4 is 0 Å². The average molecular weight is 351 g/mol. The molecule has 2 atom stereocenters. The SMILES string of the molecule is CC1CN(C(=O)c2ccc(Cl)cc2F)CC(CBr)O1. The van der Waals surface area contributed by atoms with Crippen molar-refractivity contribution >= 4 is 33.4 Å². The van der Waals surface area contributed by atoms with E-state index in [1.807, 2.05) is 6.92 Å². The van der Waals surface area contributed by atoms with Gasteiger partial charge in [0.1, 0.15) is 5.82 Å². The molecular weight excluding hydrogens is 337 g/mol. The Morgan fingerprint density at radius 2 is 2.32 bits per heavy atom.